The van der Waals surface area contributed by atoms with Crippen molar-refractivity contribution < 1.29 is 18.7 Å². The molecule has 0 bridgehead atoms. The van der Waals surface area contributed by atoms with Crippen molar-refractivity contribution in [2.75, 3.05) is 26.3 Å². The van der Waals surface area contributed by atoms with Gasteiger partial charge in [-0.25, -0.2) is 4.98 Å². The molecule has 3 aromatic rings. The number of piperidine rings is 1. The summed E-state index contributed by atoms with van der Waals surface area (Å²) in [7, 11) is 0. The number of hydrogen-bond donors (Lipinski definition) is 0. The molecule has 0 spiro atoms. The number of esters is 1. The van der Waals surface area contributed by atoms with Crippen molar-refractivity contribution in [2.45, 2.75) is 59.9 Å². The van der Waals surface area contributed by atoms with Crippen LogP contribution in [0.15, 0.2) is 52.9 Å². The molecule has 1 aromatic heterocycles. The lowest BCUT2D eigenvalue weighted by atomic mass is 9.77. The third-order valence-corrected chi connectivity index (χ3v) is 7.14. The van der Waals surface area contributed by atoms with E-state index in [2.05, 4.69) is 43.0 Å². The van der Waals surface area contributed by atoms with Gasteiger partial charge in [0.25, 0.3) is 0 Å². The maximum atomic E-state index is 12.7. The molecule has 1 unspecified atom stereocenters. The lowest BCUT2D eigenvalue weighted by Gasteiger charge is -2.40. The van der Waals surface area contributed by atoms with Crippen LogP contribution in [0, 0.1) is 19.3 Å². The molecule has 36 heavy (non-hydrogen) atoms. The summed E-state index contributed by atoms with van der Waals surface area (Å²) in [5.41, 5.74) is 3.90. The largest absolute Gasteiger partial charge is 0.493 e. The monoisotopic (exact) mass is 490 g/mol. The van der Waals surface area contributed by atoms with Gasteiger partial charge in [-0.3, -0.25) is 9.69 Å². The van der Waals surface area contributed by atoms with Gasteiger partial charge in [0, 0.05) is 25.1 Å². The standard InChI is InChI=1S/C30H38N2O4/c1-5-30(29(33)34-6-2)16-8-17-32(21-30)20-24-9-7-10-26(19-24)35-18-15-27-23(4)36-28(31-27)25-13-11-22(3)12-14-25/h7,9-14,19H,5-6,8,15-18,20-21H2,1-4H3. The number of carbonyl (C=O) groups excluding carboxylic acids is 1. The van der Waals surface area contributed by atoms with E-state index in [1.807, 2.05) is 38.1 Å². The van der Waals surface area contributed by atoms with Crippen LogP contribution in [0.25, 0.3) is 11.5 Å². The Morgan fingerprint density at radius 1 is 1.14 bits per heavy atom. The van der Waals surface area contributed by atoms with Gasteiger partial charge >= 0.3 is 5.97 Å². The summed E-state index contributed by atoms with van der Waals surface area (Å²) in [5, 5.41) is 0. The van der Waals surface area contributed by atoms with Crippen molar-refractivity contribution in [1.29, 1.82) is 0 Å². The van der Waals surface area contributed by atoms with Gasteiger partial charge in [0.15, 0.2) is 0 Å². The van der Waals surface area contributed by atoms with Crippen LogP contribution in [-0.4, -0.2) is 42.2 Å². The van der Waals surface area contributed by atoms with E-state index in [0.717, 1.165) is 61.7 Å². The highest BCUT2D eigenvalue weighted by molar-refractivity contribution is 5.77. The van der Waals surface area contributed by atoms with Crippen LogP contribution in [0.5, 0.6) is 5.75 Å². The summed E-state index contributed by atoms with van der Waals surface area (Å²) in [6.45, 7) is 11.5. The highest BCUT2D eigenvalue weighted by Crippen LogP contribution is 2.35. The van der Waals surface area contributed by atoms with Gasteiger partial charge in [0.1, 0.15) is 11.5 Å². The molecule has 0 saturated carbocycles. The summed E-state index contributed by atoms with van der Waals surface area (Å²) >= 11 is 0. The number of ether oxygens (including phenoxy) is 2. The van der Waals surface area contributed by atoms with Gasteiger partial charge in [-0.15, -0.1) is 0 Å². The number of hydrogen-bond acceptors (Lipinski definition) is 6. The smallest absolute Gasteiger partial charge is 0.313 e. The average Bonchev–Trinajstić information content (AvgIpc) is 3.25. The number of carbonyl (C=O) groups is 1. The van der Waals surface area contributed by atoms with Crippen LogP contribution in [0.2, 0.25) is 0 Å². The fourth-order valence-corrected chi connectivity index (χ4v) is 4.98. The summed E-state index contributed by atoms with van der Waals surface area (Å²) in [6, 6.07) is 16.4. The first kappa shape index (κ1) is 26.0. The van der Waals surface area contributed by atoms with Gasteiger partial charge in [0.2, 0.25) is 5.89 Å². The first-order valence-electron chi connectivity index (χ1n) is 13.1. The highest BCUT2D eigenvalue weighted by Gasteiger charge is 2.41. The molecule has 1 fully saturated rings. The fraction of sp³-hybridized carbons (Fsp3) is 0.467. The maximum Gasteiger partial charge on any atom is 0.313 e. The molecule has 2 aromatic carbocycles. The number of aryl methyl sites for hydroxylation is 2. The third kappa shape index (κ3) is 6.16. The summed E-state index contributed by atoms with van der Waals surface area (Å²) < 4.78 is 17.4. The Morgan fingerprint density at radius 3 is 2.69 bits per heavy atom. The SMILES string of the molecule is CCOC(=O)C1(CC)CCCN(Cc2cccc(OCCc3nc(-c4ccc(C)cc4)oc3C)c2)C1. The second-order valence-electron chi connectivity index (χ2n) is 9.80. The minimum atomic E-state index is -0.394. The molecule has 0 radical (unpaired) electrons. The molecular formula is C30H38N2O4. The molecular weight excluding hydrogens is 452 g/mol. The molecule has 0 N–H and O–H groups in total. The lowest BCUT2D eigenvalue weighted by Crippen LogP contribution is -2.47. The van der Waals surface area contributed by atoms with E-state index in [9.17, 15) is 4.79 Å². The average molecular weight is 491 g/mol. The molecule has 192 valence electrons. The van der Waals surface area contributed by atoms with Crippen LogP contribution in [-0.2, 0) is 22.5 Å². The maximum absolute atomic E-state index is 12.7. The normalized spacial score (nSPS) is 18.2. The van der Waals surface area contributed by atoms with Crippen molar-refractivity contribution in [3.63, 3.8) is 0 Å². The highest BCUT2D eigenvalue weighted by atomic mass is 16.5. The number of rotatable bonds is 10. The zero-order valence-corrected chi connectivity index (χ0v) is 22.0. The molecule has 4 rings (SSSR count). The molecule has 6 nitrogen and oxygen atoms in total. The van der Waals surface area contributed by atoms with Crippen molar-refractivity contribution >= 4 is 5.97 Å². The second-order valence-corrected chi connectivity index (χ2v) is 9.80. The van der Waals surface area contributed by atoms with Gasteiger partial charge in [-0.1, -0.05) is 36.8 Å². The number of nitrogens with zero attached hydrogens (tertiary/aromatic N) is 2. The van der Waals surface area contributed by atoms with E-state index in [1.54, 1.807) is 0 Å². The van der Waals surface area contributed by atoms with E-state index in [4.69, 9.17) is 18.9 Å². The molecule has 0 amide bonds. The first-order valence-corrected chi connectivity index (χ1v) is 13.1. The minimum Gasteiger partial charge on any atom is -0.493 e. The van der Waals surface area contributed by atoms with E-state index in [0.29, 0.717) is 25.5 Å². The van der Waals surface area contributed by atoms with Crippen molar-refractivity contribution in [3.8, 4) is 17.2 Å². The molecule has 1 saturated heterocycles. The van der Waals surface area contributed by atoms with E-state index in [1.165, 1.54) is 11.1 Å². The quantitative estimate of drug-likeness (QED) is 0.318. The number of oxazole rings is 1. The lowest BCUT2D eigenvalue weighted by molar-refractivity contribution is -0.159. The van der Waals surface area contributed by atoms with Crippen molar-refractivity contribution in [1.82, 2.24) is 9.88 Å². The zero-order valence-electron chi connectivity index (χ0n) is 22.0. The molecule has 2 heterocycles. The van der Waals surface area contributed by atoms with Gasteiger partial charge in [-0.05, 0) is 76.4 Å². The number of likely N-dealkylation sites (tertiary alicyclic amines) is 1. The summed E-state index contributed by atoms with van der Waals surface area (Å²) in [4.78, 5) is 19.7. The summed E-state index contributed by atoms with van der Waals surface area (Å²) in [6.07, 6.45) is 3.38. The summed E-state index contributed by atoms with van der Waals surface area (Å²) in [5.74, 6) is 2.27. The van der Waals surface area contributed by atoms with Gasteiger partial charge in [0.05, 0.1) is 24.3 Å². The first-order chi connectivity index (χ1) is 17.4. The number of aromatic nitrogens is 1. The Kier molecular flexibility index (Phi) is 8.47. The molecule has 1 atom stereocenters. The van der Waals surface area contributed by atoms with E-state index >= 15 is 0 Å². The predicted molar refractivity (Wildman–Crippen MR) is 141 cm³/mol. The molecule has 1 aliphatic rings. The molecule has 6 heteroatoms. The Bertz CT molecular complexity index is 1150. The second kappa shape index (κ2) is 11.7. The van der Waals surface area contributed by atoms with Crippen LogP contribution >= 0.6 is 0 Å². The van der Waals surface area contributed by atoms with E-state index < -0.39 is 5.41 Å². The van der Waals surface area contributed by atoms with Crippen molar-refractivity contribution in [2.24, 2.45) is 5.41 Å². The molecule has 1 aliphatic heterocycles. The van der Waals surface area contributed by atoms with Crippen LogP contribution in [0.3, 0.4) is 0 Å². The Balaban J connectivity index is 1.33. The third-order valence-electron chi connectivity index (χ3n) is 7.14. The van der Waals surface area contributed by atoms with E-state index in [-0.39, 0.29) is 5.97 Å². The van der Waals surface area contributed by atoms with Crippen LogP contribution in [0.4, 0.5) is 0 Å². The topological polar surface area (TPSA) is 64.8 Å². The van der Waals surface area contributed by atoms with Crippen molar-refractivity contribution in [3.05, 3.63) is 71.1 Å². The fourth-order valence-electron chi connectivity index (χ4n) is 4.98. The minimum absolute atomic E-state index is 0.0528. The van der Waals surface area contributed by atoms with Gasteiger partial charge < -0.3 is 13.9 Å². The van der Waals surface area contributed by atoms with Crippen LogP contribution in [0.1, 0.15) is 55.7 Å². The Morgan fingerprint density at radius 2 is 1.94 bits per heavy atom. The predicted octanol–water partition coefficient (Wildman–Crippen LogP) is 6.14. The molecule has 0 aliphatic carbocycles. The Labute approximate surface area is 214 Å². The zero-order chi connectivity index (χ0) is 25.5. The van der Waals surface area contributed by atoms with Crippen LogP contribution < -0.4 is 4.74 Å². The number of benzene rings is 2. The Hall–Kier alpha value is -3.12. The van der Waals surface area contributed by atoms with Gasteiger partial charge in [-0.2, -0.15) is 0 Å².